The number of rotatable bonds is 6. The Bertz CT molecular complexity index is 412. The molecule has 1 saturated heterocycles. The Morgan fingerprint density at radius 1 is 1.25 bits per heavy atom. The first-order valence-corrected chi connectivity index (χ1v) is 8.01. The molecule has 2 unspecified atom stereocenters. The Kier molecular flexibility index (Phi) is 5.62. The van der Waals surface area contributed by atoms with Gasteiger partial charge in [-0.1, -0.05) is 24.6 Å². The highest BCUT2D eigenvalue weighted by Gasteiger charge is 2.21. The first-order chi connectivity index (χ1) is 9.60. The Balaban J connectivity index is 2.07. The molecule has 20 heavy (non-hydrogen) atoms. The van der Waals surface area contributed by atoms with Crippen LogP contribution in [0, 0.1) is 20.8 Å². The highest BCUT2D eigenvalue weighted by molar-refractivity contribution is 5.38. The Morgan fingerprint density at radius 2 is 1.95 bits per heavy atom. The SMILES string of the molecule is CCNC(Cc1c(C)cc(C)cc1C)CC1CCCO1. The predicted octanol–water partition coefficient (Wildman–Crippen LogP) is 3.70. The van der Waals surface area contributed by atoms with Gasteiger partial charge in [0, 0.05) is 12.6 Å². The van der Waals surface area contributed by atoms with E-state index in [-0.39, 0.29) is 0 Å². The molecule has 2 nitrogen and oxygen atoms in total. The third kappa shape index (κ3) is 4.07. The second-order valence-corrected chi connectivity index (χ2v) is 6.21. The van der Waals surface area contributed by atoms with Crippen molar-refractivity contribution in [3.05, 3.63) is 34.4 Å². The zero-order chi connectivity index (χ0) is 14.5. The molecule has 1 aromatic carbocycles. The topological polar surface area (TPSA) is 21.3 Å². The molecule has 1 aliphatic rings. The average molecular weight is 275 g/mol. The molecule has 0 bridgehead atoms. The van der Waals surface area contributed by atoms with Gasteiger partial charge in [0.2, 0.25) is 0 Å². The summed E-state index contributed by atoms with van der Waals surface area (Å²) in [5.74, 6) is 0. The minimum absolute atomic E-state index is 0.463. The average Bonchev–Trinajstić information content (AvgIpc) is 2.86. The zero-order valence-corrected chi connectivity index (χ0v) is 13.5. The highest BCUT2D eigenvalue weighted by Crippen LogP contribution is 2.22. The van der Waals surface area contributed by atoms with Crippen LogP contribution in [-0.4, -0.2) is 25.3 Å². The van der Waals surface area contributed by atoms with Crippen molar-refractivity contribution in [3.8, 4) is 0 Å². The molecular weight excluding hydrogens is 246 g/mol. The number of aryl methyl sites for hydroxylation is 3. The molecule has 1 heterocycles. The van der Waals surface area contributed by atoms with Gasteiger partial charge in [-0.15, -0.1) is 0 Å². The van der Waals surface area contributed by atoms with E-state index in [0.717, 1.165) is 26.0 Å². The maximum Gasteiger partial charge on any atom is 0.0590 e. The van der Waals surface area contributed by atoms with Gasteiger partial charge in [-0.3, -0.25) is 0 Å². The van der Waals surface area contributed by atoms with Gasteiger partial charge < -0.3 is 10.1 Å². The Morgan fingerprint density at radius 3 is 2.50 bits per heavy atom. The Labute approximate surface area is 123 Å². The van der Waals surface area contributed by atoms with Crippen LogP contribution >= 0.6 is 0 Å². The van der Waals surface area contributed by atoms with Crippen molar-refractivity contribution >= 4 is 0 Å². The monoisotopic (exact) mass is 275 g/mol. The zero-order valence-electron chi connectivity index (χ0n) is 13.5. The lowest BCUT2D eigenvalue weighted by molar-refractivity contribution is 0.0947. The molecule has 0 saturated carbocycles. The first kappa shape index (κ1) is 15.5. The van der Waals surface area contributed by atoms with E-state index < -0.39 is 0 Å². The molecule has 0 radical (unpaired) electrons. The molecule has 2 atom stereocenters. The lowest BCUT2D eigenvalue weighted by atomic mass is 9.92. The number of hydrogen-bond donors (Lipinski definition) is 1. The third-order valence-corrected chi connectivity index (χ3v) is 4.36. The van der Waals surface area contributed by atoms with E-state index in [1.807, 2.05) is 0 Å². The van der Waals surface area contributed by atoms with Crippen LogP contribution in [0.3, 0.4) is 0 Å². The van der Waals surface area contributed by atoms with E-state index in [4.69, 9.17) is 4.74 Å². The van der Waals surface area contributed by atoms with Crippen LogP contribution in [0.5, 0.6) is 0 Å². The summed E-state index contributed by atoms with van der Waals surface area (Å²) in [7, 11) is 0. The number of benzene rings is 1. The molecule has 0 aromatic heterocycles. The van der Waals surface area contributed by atoms with Gasteiger partial charge in [0.15, 0.2) is 0 Å². The van der Waals surface area contributed by atoms with E-state index in [2.05, 4.69) is 45.1 Å². The van der Waals surface area contributed by atoms with Gasteiger partial charge in [-0.05, 0) is 69.7 Å². The van der Waals surface area contributed by atoms with Crippen molar-refractivity contribution in [2.75, 3.05) is 13.2 Å². The summed E-state index contributed by atoms with van der Waals surface area (Å²) in [5, 5.41) is 3.65. The van der Waals surface area contributed by atoms with Crippen molar-refractivity contribution in [2.45, 2.75) is 65.5 Å². The van der Waals surface area contributed by atoms with Gasteiger partial charge >= 0.3 is 0 Å². The molecule has 1 aromatic rings. The van der Waals surface area contributed by atoms with Crippen LogP contribution in [0.4, 0.5) is 0 Å². The number of hydrogen-bond acceptors (Lipinski definition) is 2. The summed E-state index contributed by atoms with van der Waals surface area (Å²) in [6, 6.07) is 5.14. The third-order valence-electron chi connectivity index (χ3n) is 4.36. The second-order valence-electron chi connectivity index (χ2n) is 6.21. The molecule has 0 aliphatic carbocycles. The Hall–Kier alpha value is -0.860. The van der Waals surface area contributed by atoms with E-state index in [1.54, 1.807) is 0 Å². The quantitative estimate of drug-likeness (QED) is 0.854. The van der Waals surface area contributed by atoms with E-state index in [9.17, 15) is 0 Å². The highest BCUT2D eigenvalue weighted by atomic mass is 16.5. The fourth-order valence-corrected chi connectivity index (χ4v) is 3.45. The fraction of sp³-hybridized carbons (Fsp3) is 0.667. The van der Waals surface area contributed by atoms with Crippen LogP contribution in [0.1, 0.15) is 48.4 Å². The van der Waals surface area contributed by atoms with E-state index >= 15 is 0 Å². The summed E-state index contributed by atoms with van der Waals surface area (Å²) in [6.45, 7) is 10.8. The molecule has 0 spiro atoms. The van der Waals surface area contributed by atoms with Crippen molar-refractivity contribution < 1.29 is 4.74 Å². The van der Waals surface area contributed by atoms with Gasteiger partial charge in [0.25, 0.3) is 0 Å². The van der Waals surface area contributed by atoms with Crippen LogP contribution in [0.15, 0.2) is 12.1 Å². The predicted molar refractivity (Wildman–Crippen MR) is 85.4 cm³/mol. The second kappa shape index (κ2) is 7.24. The number of nitrogens with one attached hydrogen (secondary N) is 1. The van der Waals surface area contributed by atoms with Gasteiger partial charge in [-0.2, -0.15) is 0 Å². The molecule has 2 heteroatoms. The molecule has 1 N–H and O–H groups in total. The van der Waals surface area contributed by atoms with E-state index in [0.29, 0.717) is 12.1 Å². The van der Waals surface area contributed by atoms with Crippen molar-refractivity contribution in [1.82, 2.24) is 5.32 Å². The van der Waals surface area contributed by atoms with Crippen molar-refractivity contribution in [3.63, 3.8) is 0 Å². The van der Waals surface area contributed by atoms with E-state index in [1.165, 1.54) is 35.1 Å². The maximum absolute atomic E-state index is 5.81. The summed E-state index contributed by atoms with van der Waals surface area (Å²) >= 11 is 0. The van der Waals surface area contributed by atoms with Crippen LogP contribution in [-0.2, 0) is 11.2 Å². The maximum atomic E-state index is 5.81. The van der Waals surface area contributed by atoms with Gasteiger partial charge in [0.1, 0.15) is 0 Å². The summed E-state index contributed by atoms with van der Waals surface area (Å²) in [6.07, 6.45) is 5.18. The fourth-order valence-electron chi connectivity index (χ4n) is 3.45. The largest absolute Gasteiger partial charge is 0.378 e. The molecule has 2 rings (SSSR count). The smallest absolute Gasteiger partial charge is 0.0590 e. The van der Waals surface area contributed by atoms with Gasteiger partial charge in [-0.25, -0.2) is 0 Å². The minimum Gasteiger partial charge on any atom is -0.378 e. The minimum atomic E-state index is 0.463. The standard InChI is InChI=1S/C18H29NO/c1-5-19-16(11-17-7-6-8-20-17)12-18-14(3)9-13(2)10-15(18)4/h9-10,16-17,19H,5-8,11-12H2,1-4H3. The summed E-state index contributed by atoms with van der Waals surface area (Å²) in [4.78, 5) is 0. The summed E-state index contributed by atoms with van der Waals surface area (Å²) in [5.41, 5.74) is 5.73. The lowest BCUT2D eigenvalue weighted by Crippen LogP contribution is -2.34. The summed E-state index contributed by atoms with van der Waals surface area (Å²) < 4.78 is 5.81. The van der Waals surface area contributed by atoms with Crippen molar-refractivity contribution in [2.24, 2.45) is 0 Å². The van der Waals surface area contributed by atoms with Crippen LogP contribution in [0.2, 0.25) is 0 Å². The molecule has 112 valence electrons. The van der Waals surface area contributed by atoms with Gasteiger partial charge in [0.05, 0.1) is 6.10 Å². The number of ether oxygens (including phenoxy) is 1. The molecule has 1 aliphatic heterocycles. The normalized spacial score (nSPS) is 20.3. The molecular formula is C18H29NO. The van der Waals surface area contributed by atoms with Crippen molar-refractivity contribution in [1.29, 1.82) is 0 Å². The number of likely N-dealkylation sites (N-methyl/N-ethyl adjacent to an activating group) is 1. The molecule has 1 fully saturated rings. The van der Waals surface area contributed by atoms with Crippen LogP contribution < -0.4 is 5.32 Å². The molecule has 0 amide bonds. The first-order valence-electron chi connectivity index (χ1n) is 8.01. The van der Waals surface area contributed by atoms with Crippen LogP contribution in [0.25, 0.3) is 0 Å². The lowest BCUT2D eigenvalue weighted by Gasteiger charge is -2.23.